The fraction of sp³-hybridized carbons (Fsp3) is 0.533. The second-order valence-electron chi connectivity index (χ2n) is 6.37. The van der Waals surface area contributed by atoms with Crippen LogP contribution < -0.4 is 5.73 Å². The molecule has 0 unspecified atom stereocenters. The van der Waals surface area contributed by atoms with Crippen LogP contribution in [0.15, 0.2) is 17.6 Å². The molecule has 114 valence electrons. The normalized spacial score (nSPS) is 20.9. The largest absolute Gasteiger partial charge is 0.506 e. The summed E-state index contributed by atoms with van der Waals surface area (Å²) < 4.78 is 12.0. The molecule has 1 aliphatic heterocycles. The van der Waals surface area contributed by atoms with E-state index in [-0.39, 0.29) is 12.3 Å². The number of nitrogens with two attached hydrogens (primary N) is 1. The third-order valence-electron chi connectivity index (χ3n) is 4.16. The minimum Gasteiger partial charge on any atom is -0.506 e. The minimum atomic E-state index is -0.526. The van der Waals surface area contributed by atoms with Crippen molar-refractivity contribution in [1.82, 2.24) is 4.98 Å². The van der Waals surface area contributed by atoms with Gasteiger partial charge in [0.2, 0.25) is 0 Å². The van der Waals surface area contributed by atoms with Gasteiger partial charge in [-0.05, 0) is 58.3 Å². The van der Waals surface area contributed by atoms with Crippen LogP contribution in [0.2, 0.25) is 0 Å². The Kier molecular flexibility index (Phi) is 4.15. The van der Waals surface area contributed by atoms with Crippen molar-refractivity contribution in [2.45, 2.75) is 45.8 Å². The third-order valence-corrected chi connectivity index (χ3v) is 4.16. The summed E-state index contributed by atoms with van der Waals surface area (Å²) in [7, 11) is -0.526. The molecule has 0 aliphatic carbocycles. The summed E-state index contributed by atoms with van der Waals surface area (Å²) in [6.45, 7) is 10.1. The molecule has 1 saturated heterocycles. The molecular formula is C15H23BN2O3. The molecule has 0 atom stereocenters. The molecule has 0 aromatic carbocycles. The first-order valence-corrected chi connectivity index (χ1v) is 7.09. The zero-order valence-corrected chi connectivity index (χ0v) is 13.3. The Balaban J connectivity index is 2.33. The number of hydrogen-bond donors (Lipinski definition) is 2. The number of aromatic nitrogens is 1. The molecular weight excluding hydrogens is 267 g/mol. The number of aromatic hydroxyl groups is 1. The molecule has 5 nitrogen and oxygen atoms in total. The maximum Gasteiger partial charge on any atom is 0.491 e. The van der Waals surface area contributed by atoms with E-state index in [4.69, 9.17) is 15.0 Å². The van der Waals surface area contributed by atoms with Gasteiger partial charge in [0.05, 0.1) is 11.2 Å². The van der Waals surface area contributed by atoms with E-state index in [1.807, 2.05) is 34.6 Å². The average Bonchev–Trinajstić information content (AvgIpc) is 2.59. The van der Waals surface area contributed by atoms with Gasteiger partial charge in [0, 0.05) is 12.2 Å². The van der Waals surface area contributed by atoms with Gasteiger partial charge in [-0.1, -0.05) is 0 Å². The van der Waals surface area contributed by atoms with Crippen LogP contribution in [0.5, 0.6) is 5.75 Å². The van der Waals surface area contributed by atoms with E-state index in [1.165, 1.54) is 0 Å². The molecule has 2 heterocycles. The molecule has 0 radical (unpaired) electrons. The van der Waals surface area contributed by atoms with Gasteiger partial charge in [-0.15, -0.1) is 0 Å². The lowest BCUT2D eigenvalue weighted by atomic mass is 9.77. The van der Waals surface area contributed by atoms with Gasteiger partial charge in [0.1, 0.15) is 11.4 Å². The maximum atomic E-state index is 9.90. The molecule has 1 aromatic rings. The standard InChI is InChI=1S/C15H23BN2O3/c1-10-6-7-13(19)12(18-10)8-11(9-17)16-20-14(2,3)15(4,5)21-16/h6-8,19H,9,17H2,1-5H3. The van der Waals surface area contributed by atoms with Crippen molar-refractivity contribution in [1.29, 1.82) is 0 Å². The zero-order chi connectivity index (χ0) is 15.8. The fourth-order valence-corrected chi connectivity index (χ4v) is 2.07. The average molecular weight is 290 g/mol. The van der Waals surface area contributed by atoms with E-state index in [0.29, 0.717) is 5.69 Å². The Labute approximate surface area is 126 Å². The summed E-state index contributed by atoms with van der Waals surface area (Å²) in [5.74, 6) is 0.114. The molecule has 0 saturated carbocycles. The second-order valence-corrected chi connectivity index (χ2v) is 6.37. The fourth-order valence-electron chi connectivity index (χ4n) is 2.07. The summed E-state index contributed by atoms with van der Waals surface area (Å²) in [5, 5.41) is 9.90. The summed E-state index contributed by atoms with van der Waals surface area (Å²) >= 11 is 0. The summed E-state index contributed by atoms with van der Waals surface area (Å²) in [6.07, 6.45) is 1.74. The van der Waals surface area contributed by atoms with Gasteiger partial charge in [0.15, 0.2) is 0 Å². The predicted octanol–water partition coefficient (Wildman–Crippen LogP) is 2.07. The van der Waals surface area contributed by atoms with Crippen LogP contribution in [0.1, 0.15) is 39.1 Å². The third kappa shape index (κ3) is 3.12. The summed E-state index contributed by atoms with van der Waals surface area (Å²) in [5.41, 5.74) is 7.04. The Morgan fingerprint density at radius 2 is 1.86 bits per heavy atom. The van der Waals surface area contributed by atoms with Crippen LogP contribution in [0.25, 0.3) is 6.08 Å². The van der Waals surface area contributed by atoms with Crippen molar-refractivity contribution in [2.75, 3.05) is 6.54 Å². The quantitative estimate of drug-likeness (QED) is 0.833. The van der Waals surface area contributed by atoms with E-state index >= 15 is 0 Å². The number of rotatable bonds is 3. The molecule has 6 heteroatoms. The van der Waals surface area contributed by atoms with Crippen LogP contribution in [0, 0.1) is 6.92 Å². The van der Waals surface area contributed by atoms with Crippen LogP contribution >= 0.6 is 0 Å². The lowest BCUT2D eigenvalue weighted by Gasteiger charge is -2.32. The molecule has 0 amide bonds. The molecule has 1 aromatic heterocycles. The van der Waals surface area contributed by atoms with E-state index in [0.717, 1.165) is 11.2 Å². The van der Waals surface area contributed by atoms with Crippen molar-refractivity contribution < 1.29 is 14.4 Å². The molecule has 21 heavy (non-hydrogen) atoms. The lowest BCUT2D eigenvalue weighted by Crippen LogP contribution is -2.41. The molecule has 3 N–H and O–H groups in total. The van der Waals surface area contributed by atoms with Crippen LogP contribution in [0.3, 0.4) is 0 Å². The van der Waals surface area contributed by atoms with Gasteiger partial charge < -0.3 is 20.1 Å². The van der Waals surface area contributed by atoms with Gasteiger partial charge in [-0.3, -0.25) is 0 Å². The first kappa shape index (κ1) is 16.0. The Hall–Kier alpha value is -1.37. The van der Waals surface area contributed by atoms with Crippen LogP contribution in [-0.2, 0) is 9.31 Å². The van der Waals surface area contributed by atoms with Crippen molar-refractivity contribution >= 4 is 13.2 Å². The maximum absolute atomic E-state index is 9.90. The zero-order valence-electron chi connectivity index (χ0n) is 13.3. The van der Waals surface area contributed by atoms with Gasteiger partial charge in [0.25, 0.3) is 0 Å². The number of pyridine rings is 1. The van der Waals surface area contributed by atoms with Crippen LogP contribution in [-0.4, -0.2) is 35.0 Å². The summed E-state index contributed by atoms with van der Waals surface area (Å²) in [4.78, 5) is 4.31. The monoisotopic (exact) mass is 290 g/mol. The Morgan fingerprint density at radius 3 is 2.38 bits per heavy atom. The Bertz CT molecular complexity index is 554. The van der Waals surface area contributed by atoms with Crippen LogP contribution in [0.4, 0.5) is 0 Å². The lowest BCUT2D eigenvalue weighted by molar-refractivity contribution is 0.00578. The highest BCUT2D eigenvalue weighted by atomic mass is 16.7. The smallest absolute Gasteiger partial charge is 0.491 e. The first-order chi connectivity index (χ1) is 9.66. The molecule has 0 spiro atoms. The topological polar surface area (TPSA) is 77.6 Å². The predicted molar refractivity (Wildman–Crippen MR) is 83.8 cm³/mol. The highest BCUT2D eigenvalue weighted by Gasteiger charge is 2.52. The van der Waals surface area contributed by atoms with Crippen molar-refractivity contribution in [3.05, 3.63) is 29.0 Å². The highest BCUT2D eigenvalue weighted by molar-refractivity contribution is 6.55. The summed E-state index contributed by atoms with van der Waals surface area (Å²) in [6, 6.07) is 3.37. The van der Waals surface area contributed by atoms with Crippen molar-refractivity contribution in [3.63, 3.8) is 0 Å². The SMILES string of the molecule is Cc1ccc(O)c(C=C(CN)B2OC(C)(C)C(C)(C)O2)n1. The second kappa shape index (κ2) is 5.44. The molecule has 2 rings (SSSR count). The van der Waals surface area contributed by atoms with E-state index in [9.17, 15) is 5.11 Å². The molecule has 0 bridgehead atoms. The number of aryl methyl sites for hydroxylation is 1. The Morgan fingerprint density at radius 1 is 1.29 bits per heavy atom. The van der Waals surface area contributed by atoms with E-state index in [1.54, 1.807) is 18.2 Å². The van der Waals surface area contributed by atoms with E-state index in [2.05, 4.69) is 4.98 Å². The minimum absolute atomic E-state index is 0.114. The van der Waals surface area contributed by atoms with Gasteiger partial charge in [-0.2, -0.15) is 0 Å². The first-order valence-electron chi connectivity index (χ1n) is 7.09. The van der Waals surface area contributed by atoms with Gasteiger partial charge in [-0.25, -0.2) is 4.98 Å². The highest BCUT2D eigenvalue weighted by Crippen LogP contribution is 2.38. The number of nitrogens with zero attached hydrogens (tertiary/aromatic N) is 1. The van der Waals surface area contributed by atoms with E-state index < -0.39 is 18.3 Å². The number of hydrogen-bond acceptors (Lipinski definition) is 5. The van der Waals surface area contributed by atoms with Crippen molar-refractivity contribution in [2.24, 2.45) is 5.73 Å². The molecule has 1 fully saturated rings. The van der Waals surface area contributed by atoms with Crippen molar-refractivity contribution in [3.8, 4) is 5.75 Å². The van der Waals surface area contributed by atoms with Gasteiger partial charge >= 0.3 is 7.12 Å². The molecule has 1 aliphatic rings.